The molecule has 2 fully saturated rings. The Balaban J connectivity index is 1.43. The molecule has 3 heteroatoms. The van der Waals surface area contributed by atoms with E-state index >= 15 is 0 Å². The van der Waals surface area contributed by atoms with Gasteiger partial charge in [0.15, 0.2) is 0 Å². The van der Waals surface area contributed by atoms with Gasteiger partial charge in [-0.3, -0.25) is 4.90 Å². The molecule has 2 heterocycles. The van der Waals surface area contributed by atoms with Crippen molar-refractivity contribution in [1.29, 1.82) is 0 Å². The number of aryl methyl sites for hydroxylation is 1. The summed E-state index contributed by atoms with van der Waals surface area (Å²) in [5.41, 5.74) is 1.26. The molecule has 0 bridgehead atoms. The minimum atomic E-state index is 0.781. The van der Waals surface area contributed by atoms with Crippen molar-refractivity contribution in [1.82, 2.24) is 10.2 Å². The molecule has 0 saturated carbocycles. The van der Waals surface area contributed by atoms with E-state index in [0.29, 0.717) is 0 Å². The standard InChI is InChI=1S/C18H28N2O/c1-3-18-17-12-19-11-15(17)13-20(18)8-5-9-21-16-7-4-6-14(2)10-16/h4,6-7,10,15,17-19H,3,5,8-9,11-13H2,1-2H3. The molecule has 3 rings (SSSR count). The molecular weight excluding hydrogens is 260 g/mol. The van der Waals surface area contributed by atoms with Crippen LogP contribution in [0.2, 0.25) is 0 Å². The van der Waals surface area contributed by atoms with Crippen LogP contribution in [0.3, 0.4) is 0 Å². The first-order valence-electron chi connectivity index (χ1n) is 8.42. The molecule has 21 heavy (non-hydrogen) atoms. The second kappa shape index (κ2) is 6.80. The van der Waals surface area contributed by atoms with Gasteiger partial charge in [0, 0.05) is 19.1 Å². The van der Waals surface area contributed by atoms with E-state index < -0.39 is 0 Å². The highest BCUT2D eigenvalue weighted by atomic mass is 16.5. The van der Waals surface area contributed by atoms with Crippen molar-refractivity contribution in [3.05, 3.63) is 29.8 Å². The van der Waals surface area contributed by atoms with Gasteiger partial charge in [0.2, 0.25) is 0 Å². The molecule has 1 aromatic carbocycles. The molecule has 2 aliphatic heterocycles. The van der Waals surface area contributed by atoms with Gasteiger partial charge in [0.25, 0.3) is 0 Å². The number of nitrogens with one attached hydrogen (secondary N) is 1. The predicted molar refractivity (Wildman–Crippen MR) is 86.8 cm³/mol. The molecule has 116 valence electrons. The van der Waals surface area contributed by atoms with Gasteiger partial charge >= 0.3 is 0 Å². The summed E-state index contributed by atoms with van der Waals surface area (Å²) in [4.78, 5) is 2.70. The summed E-state index contributed by atoms with van der Waals surface area (Å²) in [5.74, 6) is 2.77. The number of nitrogens with zero attached hydrogens (tertiary/aromatic N) is 1. The summed E-state index contributed by atoms with van der Waals surface area (Å²) in [7, 11) is 0. The van der Waals surface area contributed by atoms with Crippen LogP contribution in [0.5, 0.6) is 5.75 Å². The third-order valence-corrected chi connectivity index (χ3v) is 5.09. The zero-order valence-electron chi connectivity index (χ0n) is 13.3. The maximum absolute atomic E-state index is 5.87. The van der Waals surface area contributed by atoms with Gasteiger partial charge in [-0.1, -0.05) is 19.1 Å². The fraction of sp³-hybridized carbons (Fsp3) is 0.667. The second-order valence-electron chi connectivity index (χ2n) is 6.57. The van der Waals surface area contributed by atoms with E-state index in [1.165, 1.54) is 38.2 Å². The van der Waals surface area contributed by atoms with E-state index in [1.807, 2.05) is 6.07 Å². The predicted octanol–water partition coefficient (Wildman–Crippen LogP) is 2.69. The van der Waals surface area contributed by atoms with Crippen LogP contribution < -0.4 is 10.1 Å². The Hall–Kier alpha value is -1.06. The maximum atomic E-state index is 5.87. The van der Waals surface area contributed by atoms with Gasteiger partial charge in [-0.2, -0.15) is 0 Å². The molecule has 0 radical (unpaired) electrons. The zero-order valence-corrected chi connectivity index (χ0v) is 13.3. The average molecular weight is 288 g/mol. The van der Waals surface area contributed by atoms with Gasteiger partial charge in [0.05, 0.1) is 6.61 Å². The Kier molecular flexibility index (Phi) is 4.81. The first-order valence-corrected chi connectivity index (χ1v) is 8.42. The largest absolute Gasteiger partial charge is 0.494 e. The van der Waals surface area contributed by atoms with Gasteiger partial charge in [0.1, 0.15) is 5.75 Å². The van der Waals surface area contributed by atoms with Crippen molar-refractivity contribution < 1.29 is 4.74 Å². The maximum Gasteiger partial charge on any atom is 0.119 e. The average Bonchev–Trinajstić information content (AvgIpc) is 3.04. The number of hydrogen-bond donors (Lipinski definition) is 1. The van der Waals surface area contributed by atoms with Crippen LogP contribution in [-0.4, -0.2) is 43.7 Å². The lowest BCUT2D eigenvalue weighted by Crippen LogP contribution is -2.36. The van der Waals surface area contributed by atoms with Crippen molar-refractivity contribution in [2.45, 2.75) is 32.7 Å². The van der Waals surface area contributed by atoms with E-state index in [2.05, 4.69) is 42.3 Å². The van der Waals surface area contributed by atoms with Crippen LogP contribution in [0, 0.1) is 18.8 Å². The van der Waals surface area contributed by atoms with Crippen molar-refractivity contribution >= 4 is 0 Å². The van der Waals surface area contributed by atoms with Crippen LogP contribution in [-0.2, 0) is 0 Å². The third-order valence-electron chi connectivity index (χ3n) is 5.09. The Morgan fingerprint density at radius 2 is 2.24 bits per heavy atom. The molecule has 1 N–H and O–H groups in total. The summed E-state index contributed by atoms with van der Waals surface area (Å²) in [5, 5.41) is 3.55. The molecule has 2 aliphatic rings. The van der Waals surface area contributed by atoms with Crippen molar-refractivity contribution in [3.8, 4) is 5.75 Å². The number of hydrogen-bond acceptors (Lipinski definition) is 3. The number of rotatable bonds is 6. The van der Waals surface area contributed by atoms with Crippen molar-refractivity contribution in [2.24, 2.45) is 11.8 Å². The van der Waals surface area contributed by atoms with E-state index in [0.717, 1.165) is 36.7 Å². The van der Waals surface area contributed by atoms with Crippen molar-refractivity contribution in [3.63, 3.8) is 0 Å². The van der Waals surface area contributed by atoms with Crippen LogP contribution in [0.4, 0.5) is 0 Å². The van der Waals surface area contributed by atoms with E-state index in [4.69, 9.17) is 4.74 Å². The quantitative estimate of drug-likeness (QED) is 0.815. The number of benzene rings is 1. The molecule has 1 aromatic rings. The fourth-order valence-corrected chi connectivity index (χ4v) is 4.09. The van der Waals surface area contributed by atoms with Gasteiger partial charge in [-0.15, -0.1) is 0 Å². The number of ether oxygens (including phenoxy) is 1. The molecule has 2 saturated heterocycles. The molecule has 3 nitrogen and oxygen atoms in total. The molecule has 0 aromatic heterocycles. The Bertz CT molecular complexity index is 462. The van der Waals surface area contributed by atoms with Crippen LogP contribution in [0.1, 0.15) is 25.3 Å². The first kappa shape index (κ1) is 14.9. The van der Waals surface area contributed by atoms with Gasteiger partial charge in [-0.05, 0) is 62.4 Å². The smallest absolute Gasteiger partial charge is 0.119 e. The van der Waals surface area contributed by atoms with Crippen LogP contribution in [0.25, 0.3) is 0 Å². The molecule has 3 atom stereocenters. The van der Waals surface area contributed by atoms with E-state index in [-0.39, 0.29) is 0 Å². The zero-order chi connectivity index (χ0) is 14.7. The number of likely N-dealkylation sites (tertiary alicyclic amines) is 1. The Labute approximate surface area is 128 Å². The first-order chi connectivity index (χ1) is 10.3. The summed E-state index contributed by atoms with van der Waals surface area (Å²) in [6.45, 7) is 10.2. The van der Waals surface area contributed by atoms with Crippen LogP contribution >= 0.6 is 0 Å². The molecule has 0 aliphatic carbocycles. The normalized spacial score (nSPS) is 28.8. The lowest BCUT2D eigenvalue weighted by molar-refractivity contribution is 0.197. The summed E-state index contributed by atoms with van der Waals surface area (Å²) in [6, 6.07) is 9.11. The summed E-state index contributed by atoms with van der Waals surface area (Å²) >= 11 is 0. The van der Waals surface area contributed by atoms with Crippen molar-refractivity contribution in [2.75, 3.05) is 32.8 Å². The fourth-order valence-electron chi connectivity index (χ4n) is 4.09. The minimum Gasteiger partial charge on any atom is -0.494 e. The monoisotopic (exact) mass is 288 g/mol. The Morgan fingerprint density at radius 3 is 3.05 bits per heavy atom. The number of fused-ring (bicyclic) bond motifs is 1. The Morgan fingerprint density at radius 1 is 1.33 bits per heavy atom. The summed E-state index contributed by atoms with van der Waals surface area (Å²) in [6.07, 6.45) is 2.40. The van der Waals surface area contributed by atoms with E-state index in [9.17, 15) is 0 Å². The highest BCUT2D eigenvalue weighted by Gasteiger charge is 2.42. The van der Waals surface area contributed by atoms with Crippen LogP contribution in [0.15, 0.2) is 24.3 Å². The second-order valence-corrected chi connectivity index (χ2v) is 6.57. The lowest BCUT2D eigenvalue weighted by Gasteiger charge is -2.26. The minimum absolute atomic E-state index is 0.781. The van der Waals surface area contributed by atoms with Gasteiger partial charge in [-0.25, -0.2) is 0 Å². The lowest BCUT2D eigenvalue weighted by atomic mass is 9.93. The SMILES string of the molecule is CCC1C2CNCC2CN1CCCOc1cccc(C)c1. The highest BCUT2D eigenvalue weighted by molar-refractivity contribution is 5.27. The molecule has 0 spiro atoms. The molecular formula is C18H28N2O. The highest BCUT2D eigenvalue weighted by Crippen LogP contribution is 2.34. The summed E-state index contributed by atoms with van der Waals surface area (Å²) < 4.78 is 5.87. The van der Waals surface area contributed by atoms with E-state index in [1.54, 1.807) is 0 Å². The molecule has 0 amide bonds. The van der Waals surface area contributed by atoms with Gasteiger partial charge < -0.3 is 10.1 Å². The topological polar surface area (TPSA) is 24.5 Å². The molecule has 3 unspecified atom stereocenters. The third kappa shape index (κ3) is 3.41.